The molecular formula is C25H20BrFN2O4. The Morgan fingerprint density at radius 1 is 1.12 bits per heavy atom. The Morgan fingerprint density at radius 3 is 2.76 bits per heavy atom. The van der Waals surface area contributed by atoms with Crippen molar-refractivity contribution in [2.24, 2.45) is 5.10 Å². The molecule has 1 amide bonds. The molecule has 0 spiro atoms. The number of nitrogens with zero attached hydrogens (tertiary/aromatic N) is 1. The van der Waals surface area contributed by atoms with Gasteiger partial charge < -0.3 is 13.9 Å². The molecule has 33 heavy (non-hydrogen) atoms. The number of hydrazone groups is 1. The molecule has 6 nitrogen and oxygen atoms in total. The number of rotatable bonds is 8. The molecule has 0 aliphatic rings. The Balaban J connectivity index is 1.37. The lowest BCUT2D eigenvalue weighted by molar-refractivity contribution is 0.0929. The van der Waals surface area contributed by atoms with Gasteiger partial charge in [0.05, 0.1) is 17.3 Å². The van der Waals surface area contributed by atoms with Crippen molar-refractivity contribution in [2.75, 3.05) is 6.61 Å². The Bertz CT molecular complexity index is 1320. The second kappa shape index (κ2) is 10.3. The number of fused-ring (bicyclic) bond motifs is 1. The number of ether oxygens (including phenoxy) is 2. The molecule has 1 heterocycles. The zero-order valence-electron chi connectivity index (χ0n) is 17.7. The summed E-state index contributed by atoms with van der Waals surface area (Å²) in [6.07, 6.45) is 1.50. The summed E-state index contributed by atoms with van der Waals surface area (Å²) in [4.78, 5) is 12.4. The zero-order chi connectivity index (χ0) is 23.2. The molecule has 1 aromatic heterocycles. The van der Waals surface area contributed by atoms with Gasteiger partial charge in [0.25, 0.3) is 0 Å². The van der Waals surface area contributed by atoms with Gasteiger partial charge in [-0.2, -0.15) is 5.10 Å². The summed E-state index contributed by atoms with van der Waals surface area (Å²) < 4.78 is 31.1. The number of hydrogen-bond acceptors (Lipinski definition) is 5. The van der Waals surface area contributed by atoms with Crippen LogP contribution in [0.4, 0.5) is 4.39 Å². The minimum absolute atomic E-state index is 0.109. The molecule has 0 fully saturated rings. The maximum atomic E-state index is 13.7. The molecule has 4 rings (SSSR count). The lowest BCUT2D eigenvalue weighted by Gasteiger charge is -2.09. The molecular weight excluding hydrogens is 491 g/mol. The van der Waals surface area contributed by atoms with E-state index in [2.05, 4.69) is 26.5 Å². The van der Waals surface area contributed by atoms with Gasteiger partial charge in [0, 0.05) is 10.9 Å². The predicted molar refractivity (Wildman–Crippen MR) is 127 cm³/mol. The van der Waals surface area contributed by atoms with Crippen LogP contribution in [0, 0.1) is 5.82 Å². The van der Waals surface area contributed by atoms with Crippen LogP contribution in [-0.4, -0.2) is 18.7 Å². The molecule has 3 aromatic carbocycles. The lowest BCUT2D eigenvalue weighted by Crippen LogP contribution is -2.16. The molecule has 8 heteroatoms. The monoisotopic (exact) mass is 510 g/mol. The maximum Gasteiger partial charge on any atom is 0.307 e. The average Bonchev–Trinajstić information content (AvgIpc) is 3.23. The van der Waals surface area contributed by atoms with Gasteiger partial charge >= 0.3 is 5.91 Å². The SMILES string of the molecule is CCOc1ccc2oc(C(=O)N/N=C/c3ccc(OCc4ccccc4F)c(Br)c3)cc2c1. The van der Waals surface area contributed by atoms with Crippen LogP contribution in [0.15, 0.2) is 80.7 Å². The largest absolute Gasteiger partial charge is 0.494 e. The highest BCUT2D eigenvalue weighted by atomic mass is 79.9. The van der Waals surface area contributed by atoms with Crippen LogP contribution < -0.4 is 14.9 Å². The summed E-state index contributed by atoms with van der Waals surface area (Å²) in [7, 11) is 0. The van der Waals surface area contributed by atoms with E-state index in [0.717, 1.165) is 10.9 Å². The molecule has 0 aliphatic heterocycles. The number of furan rings is 1. The highest BCUT2D eigenvalue weighted by Crippen LogP contribution is 2.27. The van der Waals surface area contributed by atoms with Crippen LogP contribution in [0.2, 0.25) is 0 Å². The highest BCUT2D eigenvalue weighted by Gasteiger charge is 2.12. The third-order valence-electron chi connectivity index (χ3n) is 4.70. The Hall–Kier alpha value is -3.65. The highest BCUT2D eigenvalue weighted by molar-refractivity contribution is 9.10. The van der Waals surface area contributed by atoms with Crippen molar-refractivity contribution >= 4 is 39.0 Å². The molecule has 168 valence electrons. The Labute approximate surface area is 198 Å². The molecule has 4 aromatic rings. The zero-order valence-corrected chi connectivity index (χ0v) is 19.3. The van der Waals surface area contributed by atoms with Crippen LogP contribution in [0.25, 0.3) is 11.0 Å². The average molecular weight is 511 g/mol. The molecule has 0 atom stereocenters. The van der Waals surface area contributed by atoms with Gasteiger partial charge in [-0.1, -0.05) is 18.2 Å². The number of carbonyl (C=O) groups is 1. The fraction of sp³-hybridized carbons (Fsp3) is 0.120. The van der Waals surface area contributed by atoms with E-state index in [1.165, 1.54) is 12.3 Å². The van der Waals surface area contributed by atoms with E-state index in [1.807, 2.05) is 13.0 Å². The summed E-state index contributed by atoms with van der Waals surface area (Å²) in [5.41, 5.74) is 4.24. The maximum absolute atomic E-state index is 13.7. The van der Waals surface area contributed by atoms with Gasteiger partial charge in [0.1, 0.15) is 29.5 Å². The quantitative estimate of drug-likeness (QED) is 0.230. The first-order chi connectivity index (χ1) is 16.0. The smallest absolute Gasteiger partial charge is 0.307 e. The first kappa shape index (κ1) is 22.5. The van der Waals surface area contributed by atoms with E-state index in [1.54, 1.807) is 54.6 Å². The standard InChI is InChI=1S/C25H20BrFN2O4/c1-2-31-19-8-10-22-18(12-19)13-24(33-22)25(30)29-28-14-16-7-9-23(20(26)11-16)32-15-17-5-3-4-6-21(17)27/h3-14H,2,15H2,1H3,(H,29,30)/b28-14+. The van der Waals surface area contributed by atoms with E-state index in [-0.39, 0.29) is 18.2 Å². The third kappa shape index (κ3) is 5.59. The van der Waals surface area contributed by atoms with Crippen molar-refractivity contribution in [2.45, 2.75) is 13.5 Å². The normalized spacial score (nSPS) is 11.1. The molecule has 0 radical (unpaired) electrons. The molecule has 0 bridgehead atoms. The van der Waals surface area contributed by atoms with Crippen LogP contribution in [0.5, 0.6) is 11.5 Å². The van der Waals surface area contributed by atoms with Crippen molar-refractivity contribution in [1.82, 2.24) is 5.43 Å². The van der Waals surface area contributed by atoms with E-state index in [4.69, 9.17) is 13.9 Å². The van der Waals surface area contributed by atoms with Crippen LogP contribution in [-0.2, 0) is 6.61 Å². The van der Waals surface area contributed by atoms with E-state index >= 15 is 0 Å². The summed E-state index contributed by atoms with van der Waals surface area (Å²) in [6.45, 7) is 2.57. The summed E-state index contributed by atoms with van der Waals surface area (Å²) in [5.74, 6) is 0.640. The Kier molecular flexibility index (Phi) is 7.04. The van der Waals surface area contributed by atoms with E-state index in [9.17, 15) is 9.18 Å². The van der Waals surface area contributed by atoms with Crippen LogP contribution >= 0.6 is 15.9 Å². The number of benzene rings is 3. The molecule has 1 N–H and O–H groups in total. The minimum atomic E-state index is -0.468. The molecule has 0 aliphatic carbocycles. The van der Waals surface area contributed by atoms with Gasteiger partial charge in [-0.05, 0) is 76.9 Å². The van der Waals surface area contributed by atoms with Crippen LogP contribution in [0.1, 0.15) is 28.6 Å². The second-order valence-corrected chi connectivity index (χ2v) is 7.87. The number of halogens is 2. The topological polar surface area (TPSA) is 73.1 Å². The van der Waals surface area contributed by atoms with Gasteiger partial charge in [-0.25, -0.2) is 9.82 Å². The Morgan fingerprint density at radius 2 is 1.97 bits per heavy atom. The minimum Gasteiger partial charge on any atom is -0.494 e. The number of hydrogen-bond donors (Lipinski definition) is 1. The fourth-order valence-corrected chi connectivity index (χ4v) is 3.61. The second-order valence-electron chi connectivity index (χ2n) is 7.01. The third-order valence-corrected chi connectivity index (χ3v) is 5.32. The molecule has 0 unspecified atom stereocenters. The van der Waals surface area contributed by atoms with Crippen molar-refractivity contribution in [3.8, 4) is 11.5 Å². The van der Waals surface area contributed by atoms with Crippen molar-refractivity contribution in [3.63, 3.8) is 0 Å². The predicted octanol–water partition coefficient (Wildman–Crippen LogP) is 6.08. The summed E-state index contributed by atoms with van der Waals surface area (Å²) in [5, 5.41) is 4.76. The van der Waals surface area contributed by atoms with Crippen molar-refractivity contribution < 1.29 is 23.1 Å². The first-order valence-corrected chi connectivity index (χ1v) is 11.0. The number of carbonyl (C=O) groups excluding carboxylic acids is 1. The van der Waals surface area contributed by atoms with Gasteiger partial charge in [0.2, 0.25) is 0 Å². The van der Waals surface area contributed by atoms with Crippen molar-refractivity contribution in [3.05, 3.63) is 93.9 Å². The number of amides is 1. The summed E-state index contributed by atoms with van der Waals surface area (Å²) >= 11 is 3.44. The number of nitrogens with one attached hydrogen (secondary N) is 1. The van der Waals surface area contributed by atoms with E-state index < -0.39 is 5.91 Å². The molecule has 0 saturated carbocycles. The molecule has 0 saturated heterocycles. The van der Waals surface area contributed by atoms with Gasteiger partial charge in [0.15, 0.2) is 5.76 Å². The lowest BCUT2D eigenvalue weighted by atomic mass is 10.2. The van der Waals surface area contributed by atoms with Gasteiger partial charge in [-0.15, -0.1) is 0 Å². The fourth-order valence-electron chi connectivity index (χ4n) is 3.10. The summed E-state index contributed by atoms with van der Waals surface area (Å²) in [6, 6.07) is 18.8. The van der Waals surface area contributed by atoms with E-state index in [0.29, 0.717) is 33.7 Å². The first-order valence-electron chi connectivity index (χ1n) is 10.2. The van der Waals surface area contributed by atoms with Gasteiger partial charge in [-0.3, -0.25) is 4.79 Å². The van der Waals surface area contributed by atoms with Crippen molar-refractivity contribution in [1.29, 1.82) is 0 Å². The van der Waals surface area contributed by atoms with Crippen LogP contribution in [0.3, 0.4) is 0 Å².